The number of amides is 1. The topological polar surface area (TPSA) is 131 Å². The summed E-state index contributed by atoms with van der Waals surface area (Å²) in [5.74, 6) is 2.91. The molecule has 2 aromatic carbocycles. The molecule has 9 nitrogen and oxygen atoms in total. The average Bonchev–Trinajstić information content (AvgIpc) is 3.48. The normalized spacial score (nSPS) is 12.9. The summed E-state index contributed by atoms with van der Waals surface area (Å²) in [5, 5.41) is 5.76. The Balaban J connectivity index is 0.000000240. The maximum Gasteiger partial charge on any atom is 0.411 e. The first-order valence-corrected chi connectivity index (χ1v) is 16.6. The first-order valence-electron chi connectivity index (χ1n) is 15.2. The molecule has 0 aliphatic carbocycles. The van der Waals surface area contributed by atoms with Gasteiger partial charge < -0.3 is 29.8 Å². The minimum Gasteiger partial charge on any atom is -0.616 e. The second-order valence-corrected chi connectivity index (χ2v) is 12.5. The van der Waals surface area contributed by atoms with Gasteiger partial charge in [0.15, 0.2) is 11.5 Å². The Labute approximate surface area is 263 Å². The second kappa shape index (κ2) is 18.9. The van der Waals surface area contributed by atoms with Gasteiger partial charge in [-0.3, -0.25) is 5.32 Å². The number of fused-ring (bicyclic) bond motifs is 1. The third-order valence-corrected chi connectivity index (χ3v) is 8.69. The number of nitrogens with two attached hydrogens (primary N) is 1. The number of carbonyl (C=O) groups is 1. The van der Waals surface area contributed by atoms with E-state index in [1.165, 1.54) is 49.8 Å². The van der Waals surface area contributed by atoms with Gasteiger partial charge >= 0.3 is 6.09 Å². The van der Waals surface area contributed by atoms with Crippen molar-refractivity contribution in [3.63, 3.8) is 0 Å². The first kappa shape index (κ1) is 34.8. The van der Waals surface area contributed by atoms with Gasteiger partial charge in [0, 0.05) is 13.0 Å². The Bertz CT molecular complexity index is 1300. The molecule has 3 aromatic rings. The maximum absolute atomic E-state index is 12.8. The van der Waals surface area contributed by atoms with Crippen molar-refractivity contribution in [1.82, 2.24) is 4.98 Å². The van der Waals surface area contributed by atoms with E-state index in [1.807, 2.05) is 18.2 Å². The van der Waals surface area contributed by atoms with Crippen molar-refractivity contribution in [3.8, 4) is 11.5 Å². The van der Waals surface area contributed by atoms with Crippen LogP contribution in [0.25, 0.3) is 0 Å². The van der Waals surface area contributed by atoms with E-state index in [1.54, 1.807) is 31.2 Å². The zero-order valence-corrected chi connectivity index (χ0v) is 26.7. The maximum atomic E-state index is 12.8. The van der Waals surface area contributed by atoms with Crippen molar-refractivity contribution in [3.05, 3.63) is 71.5 Å². The molecule has 2 unspecified atom stereocenters. The Morgan fingerprint density at radius 3 is 2.45 bits per heavy atom. The van der Waals surface area contributed by atoms with Crippen LogP contribution in [0.1, 0.15) is 70.4 Å². The molecule has 4 rings (SSSR count). The number of nitrogen functional groups attached to an aromatic ring is 1. The molecule has 0 radical (unpaired) electrons. The highest BCUT2D eigenvalue weighted by molar-refractivity contribution is 7.91. The number of carbonyl (C=O) groups excluding carboxylic acids is 1. The van der Waals surface area contributed by atoms with Crippen LogP contribution in [-0.4, -0.2) is 40.0 Å². The van der Waals surface area contributed by atoms with E-state index in [-0.39, 0.29) is 23.5 Å². The van der Waals surface area contributed by atoms with Crippen LogP contribution >= 0.6 is 0 Å². The highest BCUT2D eigenvalue weighted by atomic mass is 32.2. The summed E-state index contributed by atoms with van der Waals surface area (Å²) >= 11 is -0.743. The van der Waals surface area contributed by atoms with Crippen LogP contribution in [0.3, 0.4) is 0 Å². The highest BCUT2D eigenvalue weighted by Crippen LogP contribution is 2.33. The van der Waals surface area contributed by atoms with Gasteiger partial charge in [-0.1, -0.05) is 62.0 Å². The summed E-state index contributed by atoms with van der Waals surface area (Å²) in [4.78, 5) is 15.5. The zero-order chi connectivity index (χ0) is 31.7. The fourth-order valence-electron chi connectivity index (χ4n) is 4.47. The van der Waals surface area contributed by atoms with Crippen molar-refractivity contribution in [2.45, 2.75) is 77.5 Å². The molecular weight excluding hydrogens is 583 g/mol. The number of hydrogen-bond acceptors (Lipinski definition) is 8. The number of nitrogens with one attached hydrogen (secondary N) is 2. The van der Waals surface area contributed by atoms with Gasteiger partial charge in [-0.25, -0.2) is 14.2 Å². The van der Waals surface area contributed by atoms with Crippen LogP contribution in [0.4, 0.5) is 26.5 Å². The number of halogens is 1. The molecular formula is C33H45FN4O5S. The van der Waals surface area contributed by atoms with Crippen molar-refractivity contribution < 1.29 is 27.9 Å². The van der Waals surface area contributed by atoms with E-state index < -0.39 is 17.3 Å². The summed E-state index contributed by atoms with van der Waals surface area (Å²) in [5.41, 5.74) is 8.25. The fraction of sp³-hybridized carbons (Fsp3) is 0.455. The summed E-state index contributed by atoms with van der Waals surface area (Å²) in [7, 11) is 0. The molecule has 0 bridgehead atoms. The van der Waals surface area contributed by atoms with Crippen molar-refractivity contribution in [1.29, 1.82) is 0 Å². The monoisotopic (exact) mass is 628 g/mol. The number of unbranched alkanes of at least 4 members (excludes halogenated alkanes) is 5. The molecule has 4 N–H and O–H groups in total. The standard InChI is InChI=1S/C18H28O3S.C15H17FN4O2/c1-3-4-5-6-7-8-11-22(19)15(2)12-16-9-10-17-18(13-16)21-14-20-17;1-2-22-15(21)19-12-7-8-13(20-14(12)17)18-9-10-3-5-11(16)6-4-10/h9-10,13,15H,3-8,11-12,14H2,1-2H3;3-8H,2,9H2,1H3,(H,19,21)(H3,17,18,20). The molecule has 1 aromatic heterocycles. The minimum absolute atomic E-state index is 0.178. The van der Waals surface area contributed by atoms with Crippen LogP contribution in [0.5, 0.6) is 11.5 Å². The summed E-state index contributed by atoms with van der Waals surface area (Å²) in [6.07, 6.45) is 7.74. The van der Waals surface area contributed by atoms with E-state index in [4.69, 9.17) is 19.9 Å². The zero-order valence-electron chi connectivity index (χ0n) is 25.9. The van der Waals surface area contributed by atoms with Gasteiger partial charge in [-0.2, -0.15) is 0 Å². The number of aromatic nitrogens is 1. The molecule has 11 heteroatoms. The van der Waals surface area contributed by atoms with Gasteiger partial charge in [0.2, 0.25) is 6.79 Å². The van der Waals surface area contributed by atoms with E-state index >= 15 is 0 Å². The SMILES string of the molecule is CCCCCCCC[S+]([O-])C(C)Cc1ccc2c(c1)OCO2.CCOC(=O)Nc1ccc(NCc2ccc(F)cc2)nc1N. The first-order chi connectivity index (χ1) is 21.3. The van der Waals surface area contributed by atoms with E-state index in [0.29, 0.717) is 24.8 Å². The predicted molar refractivity (Wildman–Crippen MR) is 175 cm³/mol. The van der Waals surface area contributed by atoms with Crippen molar-refractivity contribution in [2.24, 2.45) is 0 Å². The van der Waals surface area contributed by atoms with Crippen molar-refractivity contribution >= 4 is 34.6 Å². The van der Waals surface area contributed by atoms with Gasteiger partial charge in [-0.15, -0.1) is 0 Å². The van der Waals surface area contributed by atoms with Gasteiger partial charge in [-0.05, 0) is 74.2 Å². The van der Waals surface area contributed by atoms with Crippen molar-refractivity contribution in [2.75, 3.05) is 35.5 Å². The number of pyridine rings is 1. The number of benzene rings is 2. The van der Waals surface area contributed by atoms with Crippen LogP contribution in [0.2, 0.25) is 0 Å². The lowest BCUT2D eigenvalue weighted by Crippen LogP contribution is -2.23. The molecule has 1 aliphatic heterocycles. The second-order valence-electron chi connectivity index (χ2n) is 10.5. The van der Waals surface area contributed by atoms with Crippen LogP contribution in [-0.2, 0) is 28.9 Å². The Hall–Kier alpha value is -3.70. The molecule has 0 saturated heterocycles. The summed E-state index contributed by atoms with van der Waals surface area (Å²) in [6.45, 7) is 7.08. The molecule has 2 heterocycles. The van der Waals surface area contributed by atoms with Gasteiger partial charge in [0.25, 0.3) is 0 Å². The third-order valence-electron chi connectivity index (χ3n) is 6.93. The summed E-state index contributed by atoms with van der Waals surface area (Å²) in [6, 6.07) is 15.5. The van der Waals surface area contributed by atoms with Crippen LogP contribution in [0.15, 0.2) is 54.6 Å². The van der Waals surface area contributed by atoms with E-state index in [2.05, 4.69) is 29.5 Å². The average molecular weight is 629 g/mol. The quantitative estimate of drug-likeness (QED) is 0.117. The van der Waals surface area contributed by atoms with Crippen LogP contribution < -0.4 is 25.8 Å². The van der Waals surface area contributed by atoms with E-state index in [9.17, 15) is 13.7 Å². The molecule has 0 fully saturated rings. The lowest BCUT2D eigenvalue weighted by atomic mass is 10.1. The highest BCUT2D eigenvalue weighted by Gasteiger charge is 2.19. The molecule has 2 atom stereocenters. The predicted octanol–water partition coefficient (Wildman–Crippen LogP) is 7.44. The molecule has 0 saturated carbocycles. The largest absolute Gasteiger partial charge is 0.616 e. The number of hydrogen-bond donors (Lipinski definition) is 3. The third kappa shape index (κ3) is 12.1. The fourth-order valence-corrected chi connectivity index (χ4v) is 5.74. The minimum atomic E-state index is -0.743. The van der Waals surface area contributed by atoms with E-state index in [0.717, 1.165) is 35.7 Å². The summed E-state index contributed by atoms with van der Waals surface area (Å²) < 4.78 is 40.6. The lowest BCUT2D eigenvalue weighted by Gasteiger charge is -2.18. The Morgan fingerprint density at radius 2 is 1.73 bits per heavy atom. The van der Waals surface area contributed by atoms with Crippen LogP contribution in [0, 0.1) is 5.82 Å². The number of nitrogens with zero attached hydrogens (tertiary/aromatic N) is 1. The smallest absolute Gasteiger partial charge is 0.411 e. The van der Waals surface area contributed by atoms with Gasteiger partial charge in [0.05, 0.1) is 12.3 Å². The Kier molecular flexibility index (Phi) is 14.9. The number of anilines is 3. The number of rotatable bonds is 15. The Morgan fingerprint density at radius 1 is 1.02 bits per heavy atom. The molecule has 1 amide bonds. The number of ether oxygens (including phenoxy) is 3. The molecule has 0 spiro atoms. The molecule has 240 valence electrons. The molecule has 1 aliphatic rings. The van der Waals surface area contributed by atoms with Gasteiger partial charge in [0.1, 0.15) is 28.5 Å². The molecule has 44 heavy (non-hydrogen) atoms. The lowest BCUT2D eigenvalue weighted by molar-refractivity contribution is 0.168.